The van der Waals surface area contributed by atoms with Crippen LogP contribution in [0.2, 0.25) is 0 Å². The van der Waals surface area contributed by atoms with Gasteiger partial charge in [-0.15, -0.1) is 0 Å². The maximum atomic E-state index is 12.9. The van der Waals surface area contributed by atoms with E-state index in [0.29, 0.717) is 28.4 Å². The lowest BCUT2D eigenvalue weighted by atomic mass is 10.2. The molecule has 0 unspecified atom stereocenters. The molecule has 2 N–H and O–H groups in total. The third kappa shape index (κ3) is 4.01. The van der Waals surface area contributed by atoms with Gasteiger partial charge in [0, 0.05) is 18.9 Å². The Labute approximate surface area is 164 Å². The van der Waals surface area contributed by atoms with Crippen LogP contribution in [0.1, 0.15) is 16.1 Å². The Morgan fingerprint density at radius 3 is 2.50 bits per heavy atom. The fourth-order valence-electron chi connectivity index (χ4n) is 2.79. The maximum Gasteiger partial charge on any atom is 0.272 e. The monoisotopic (exact) mass is 399 g/mol. The summed E-state index contributed by atoms with van der Waals surface area (Å²) in [7, 11) is -0.652. The molecule has 0 aliphatic carbocycles. The van der Waals surface area contributed by atoms with Crippen molar-refractivity contribution >= 4 is 27.3 Å². The molecular weight excluding hydrogens is 378 g/mol. The zero-order valence-corrected chi connectivity index (χ0v) is 16.6. The number of amides is 1. The number of hydrogen-bond donors (Lipinski definition) is 2. The molecule has 0 radical (unpaired) electrons. The first-order chi connectivity index (χ1) is 13.3. The fraction of sp³-hybridized carbons (Fsp3) is 0.150. The highest BCUT2D eigenvalue weighted by molar-refractivity contribution is 7.92. The lowest BCUT2D eigenvalue weighted by Crippen LogP contribution is -2.17. The second kappa shape index (κ2) is 7.77. The molecule has 0 bridgehead atoms. The summed E-state index contributed by atoms with van der Waals surface area (Å²) in [6.45, 7) is 1.69. The standard InChI is InChI=1S/C20H21N3O4S/c1-14-10-11-15(21-20(24)17-8-6-12-23(17)2)13-19(14)28(25,26)22-16-7-4-5-9-18(16)27-3/h4-13,22H,1-3H3,(H,21,24). The van der Waals surface area contributed by atoms with Gasteiger partial charge in [0.25, 0.3) is 15.9 Å². The number of aryl methyl sites for hydroxylation is 2. The van der Waals surface area contributed by atoms with Crippen molar-refractivity contribution in [2.24, 2.45) is 7.05 Å². The van der Waals surface area contributed by atoms with Crippen molar-refractivity contribution in [3.8, 4) is 5.75 Å². The molecule has 0 atom stereocenters. The van der Waals surface area contributed by atoms with Gasteiger partial charge in [-0.05, 0) is 48.9 Å². The SMILES string of the molecule is COc1ccccc1NS(=O)(=O)c1cc(NC(=O)c2cccn2C)ccc1C. The molecule has 1 aromatic heterocycles. The minimum absolute atomic E-state index is 0.0723. The second-order valence-corrected chi connectivity index (χ2v) is 7.90. The van der Waals surface area contributed by atoms with Crippen LogP contribution in [0, 0.1) is 6.92 Å². The lowest BCUT2D eigenvalue weighted by molar-refractivity contribution is 0.101. The van der Waals surface area contributed by atoms with Crippen LogP contribution >= 0.6 is 0 Å². The quantitative estimate of drug-likeness (QED) is 0.665. The first kappa shape index (κ1) is 19.5. The van der Waals surface area contributed by atoms with Crippen LogP contribution in [0.5, 0.6) is 5.75 Å². The summed E-state index contributed by atoms with van der Waals surface area (Å²) in [6.07, 6.45) is 1.76. The normalized spacial score (nSPS) is 11.1. The zero-order valence-electron chi connectivity index (χ0n) is 15.8. The third-order valence-electron chi connectivity index (χ3n) is 4.26. The number of para-hydroxylation sites is 2. The van der Waals surface area contributed by atoms with Crippen molar-refractivity contribution in [2.45, 2.75) is 11.8 Å². The Morgan fingerprint density at radius 1 is 1.07 bits per heavy atom. The van der Waals surface area contributed by atoms with E-state index in [1.807, 2.05) is 0 Å². The highest BCUT2D eigenvalue weighted by Gasteiger charge is 2.20. The minimum Gasteiger partial charge on any atom is -0.495 e. The van der Waals surface area contributed by atoms with E-state index in [-0.39, 0.29) is 10.8 Å². The van der Waals surface area contributed by atoms with E-state index in [9.17, 15) is 13.2 Å². The lowest BCUT2D eigenvalue weighted by Gasteiger charge is -2.14. The van der Waals surface area contributed by atoms with Gasteiger partial charge in [-0.1, -0.05) is 18.2 Å². The van der Waals surface area contributed by atoms with E-state index in [0.717, 1.165) is 0 Å². The number of carbonyl (C=O) groups excluding carboxylic acids is 1. The van der Waals surface area contributed by atoms with Crippen LogP contribution < -0.4 is 14.8 Å². The summed E-state index contributed by atoms with van der Waals surface area (Å²) >= 11 is 0. The van der Waals surface area contributed by atoms with Gasteiger partial charge >= 0.3 is 0 Å². The van der Waals surface area contributed by atoms with Gasteiger partial charge in [-0.3, -0.25) is 9.52 Å². The van der Waals surface area contributed by atoms with Crippen molar-refractivity contribution < 1.29 is 17.9 Å². The third-order valence-corrected chi connectivity index (χ3v) is 5.77. The van der Waals surface area contributed by atoms with Crippen LogP contribution in [-0.4, -0.2) is 26.0 Å². The smallest absolute Gasteiger partial charge is 0.272 e. The van der Waals surface area contributed by atoms with E-state index in [1.54, 1.807) is 73.3 Å². The Hall–Kier alpha value is -3.26. The number of anilines is 2. The number of ether oxygens (including phenoxy) is 1. The molecule has 3 aromatic rings. The molecule has 0 aliphatic rings. The summed E-state index contributed by atoms with van der Waals surface area (Å²) in [5.74, 6) is 0.0919. The molecule has 28 heavy (non-hydrogen) atoms. The number of benzene rings is 2. The van der Waals surface area contributed by atoms with Gasteiger partial charge in [0.05, 0.1) is 17.7 Å². The summed E-state index contributed by atoms with van der Waals surface area (Å²) in [5, 5.41) is 2.73. The number of nitrogens with zero attached hydrogens (tertiary/aromatic N) is 1. The average molecular weight is 399 g/mol. The van der Waals surface area contributed by atoms with Crippen molar-refractivity contribution in [2.75, 3.05) is 17.1 Å². The number of carbonyl (C=O) groups is 1. The molecule has 0 fully saturated rings. The van der Waals surface area contributed by atoms with Crippen molar-refractivity contribution in [3.05, 3.63) is 72.1 Å². The number of hydrogen-bond acceptors (Lipinski definition) is 4. The highest BCUT2D eigenvalue weighted by Crippen LogP contribution is 2.28. The molecule has 3 rings (SSSR count). The molecule has 0 saturated heterocycles. The summed E-state index contributed by atoms with van der Waals surface area (Å²) in [5.41, 5.74) is 1.75. The Balaban J connectivity index is 1.90. The summed E-state index contributed by atoms with van der Waals surface area (Å²) < 4.78 is 35.3. The predicted molar refractivity (Wildman–Crippen MR) is 108 cm³/mol. The van der Waals surface area contributed by atoms with Crippen molar-refractivity contribution in [1.29, 1.82) is 0 Å². The molecule has 0 spiro atoms. The van der Waals surface area contributed by atoms with E-state index < -0.39 is 10.0 Å². The van der Waals surface area contributed by atoms with Gasteiger partial charge in [0.2, 0.25) is 0 Å². The van der Waals surface area contributed by atoms with Crippen molar-refractivity contribution in [3.63, 3.8) is 0 Å². The first-order valence-electron chi connectivity index (χ1n) is 8.51. The predicted octanol–water partition coefficient (Wildman–Crippen LogP) is 3.40. The number of rotatable bonds is 6. The van der Waals surface area contributed by atoms with E-state index in [4.69, 9.17) is 4.74 Å². The first-order valence-corrected chi connectivity index (χ1v) is 9.99. The van der Waals surface area contributed by atoms with Crippen LogP contribution in [0.4, 0.5) is 11.4 Å². The van der Waals surface area contributed by atoms with Crippen LogP contribution in [0.3, 0.4) is 0 Å². The number of methoxy groups -OCH3 is 1. The molecule has 146 valence electrons. The molecule has 7 nitrogen and oxygen atoms in total. The van der Waals surface area contributed by atoms with Gasteiger partial charge < -0.3 is 14.6 Å². The number of nitrogens with one attached hydrogen (secondary N) is 2. The second-order valence-electron chi connectivity index (χ2n) is 6.24. The fourth-order valence-corrected chi connectivity index (χ4v) is 4.13. The van der Waals surface area contributed by atoms with E-state index in [1.165, 1.54) is 13.2 Å². The van der Waals surface area contributed by atoms with Crippen LogP contribution in [0.15, 0.2) is 65.7 Å². The largest absolute Gasteiger partial charge is 0.495 e. The molecule has 1 heterocycles. The van der Waals surface area contributed by atoms with Crippen LogP contribution in [-0.2, 0) is 17.1 Å². The average Bonchev–Trinajstić information content (AvgIpc) is 3.09. The topological polar surface area (TPSA) is 89.4 Å². The van der Waals surface area contributed by atoms with Crippen molar-refractivity contribution in [1.82, 2.24) is 4.57 Å². The van der Waals surface area contributed by atoms with E-state index in [2.05, 4.69) is 10.0 Å². The van der Waals surface area contributed by atoms with Gasteiger partial charge in [0.1, 0.15) is 11.4 Å². The Morgan fingerprint density at radius 2 is 1.82 bits per heavy atom. The Bertz CT molecular complexity index is 1120. The zero-order chi connectivity index (χ0) is 20.3. The van der Waals surface area contributed by atoms with E-state index >= 15 is 0 Å². The molecule has 2 aromatic carbocycles. The van der Waals surface area contributed by atoms with Gasteiger partial charge in [-0.2, -0.15) is 0 Å². The molecule has 0 aliphatic heterocycles. The van der Waals surface area contributed by atoms with Gasteiger partial charge in [0.15, 0.2) is 0 Å². The number of aromatic nitrogens is 1. The summed E-state index contributed by atoms with van der Waals surface area (Å²) in [6, 6.07) is 14.9. The molecular formula is C20H21N3O4S. The van der Waals surface area contributed by atoms with Crippen LogP contribution in [0.25, 0.3) is 0 Å². The molecule has 0 saturated carbocycles. The minimum atomic E-state index is -3.88. The molecule has 1 amide bonds. The summed E-state index contributed by atoms with van der Waals surface area (Å²) in [4.78, 5) is 12.5. The number of sulfonamides is 1. The van der Waals surface area contributed by atoms with Gasteiger partial charge in [-0.25, -0.2) is 8.42 Å². The molecule has 8 heteroatoms. The highest BCUT2D eigenvalue weighted by atomic mass is 32.2. The Kier molecular flexibility index (Phi) is 5.41. The maximum absolute atomic E-state index is 12.9.